The number of nitrogens with zero attached hydrogens (tertiary/aromatic N) is 1. The molecule has 1 heterocycles. The van der Waals surface area contributed by atoms with Crippen LogP contribution < -0.4 is 10.2 Å². The number of benzene rings is 1. The van der Waals surface area contributed by atoms with Crippen LogP contribution in [0, 0.1) is 12.8 Å². The van der Waals surface area contributed by atoms with E-state index in [2.05, 4.69) is 50.0 Å². The minimum atomic E-state index is 0.542. The molecule has 1 N–H and O–H groups in total. The van der Waals surface area contributed by atoms with Crippen molar-refractivity contribution in [1.29, 1.82) is 0 Å². The van der Waals surface area contributed by atoms with Gasteiger partial charge in [-0.1, -0.05) is 44.9 Å². The van der Waals surface area contributed by atoms with Crippen LogP contribution in [0.5, 0.6) is 0 Å². The molecule has 20 heavy (non-hydrogen) atoms. The van der Waals surface area contributed by atoms with Gasteiger partial charge in [-0.25, -0.2) is 0 Å². The molecule has 112 valence electrons. The highest BCUT2D eigenvalue weighted by Gasteiger charge is 2.30. The van der Waals surface area contributed by atoms with Crippen LogP contribution in [0.1, 0.15) is 39.2 Å². The Labute approximate surface area is 128 Å². The maximum absolute atomic E-state index is 6.32. The minimum Gasteiger partial charge on any atom is -0.365 e. The zero-order valence-electron chi connectivity index (χ0n) is 13.1. The van der Waals surface area contributed by atoms with E-state index in [4.69, 9.17) is 11.6 Å². The Morgan fingerprint density at radius 2 is 2.15 bits per heavy atom. The number of rotatable bonds is 4. The molecule has 0 aromatic heterocycles. The molecule has 0 amide bonds. The van der Waals surface area contributed by atoms with E-state index in [0.717, 1.165) is 18.1 Å². The molecular weight excluding hydrogens is 268 g/mol. The Morgan fingerprint density at radius 1 is 1.40 bits per heavy atom. The largest absolute Gasteiger partial charge is 0.365 e. The smallest absolute Gasteiger partial charge is 0.0455 e. The molecule has 0 spiro atoms. The maximum atomic E-state index is 6.32. The summed E-state index contributed by atoms with van der Waals surface area (Å²) in [6.45, 7) is 11.1. The molecule has 0 saturated carbocycles. The highest BCUT2D eigenvalue weighted by molar-refractivity contribution is 6.31. The lowest BCUT2D eigenvalue weighted by atomic mass is 9.95. The third-order valence-corrected chi connectivity index (χ3v) is 4.80. The second-order valence-corrected chi connectivity index (χ2v) is 6.65. The molecule has 2 nitrogen and oxygen atoms in total. The summed E-state index contributed by atoms with van der Waals surface area (Å²) in [6.07, 6.45) is 2.47. The van der Waals surface area contributed by atoms with Crippen LogP contribution in [-0.2, 0) is 0 Å². The van der Waals surface area contributed by atoms with Crippen molar-refractivity contribution in [2.24, 2.45) is 5.92 Å². The van der Waals surface area contributed by atoms with Gasteiger partial charge in [0.05, 0.1) is 0 Å². The van der Waals surface area contributed by atoms with Crippen molar-refractivity contribution in [3.05, 3.63) is 28.8 Å². The van der Waals surface area contributed by atoms with Crippen LogP contribution in [0.15, 0.2) is 18.2 Å². The standard InChI is InChI=1S/C17H27ClN2/c1-5-7-14-11-20(17(10-19-14)12(2)3)16-9-6-8-15(18)13(16)4/h6,8-9,12,14,17,19H,5,7,10-11H2,1-4H3. The van der Waals surface area contributed by atoms with Crippen molar-refractivity contribution in [3.63, 3.8) is 0 Å². The lowest BCUT2D eigenvalue weighted by molar-refractivity contribution is 0.327. The van der Waals surface area contributed by atoms with Gasteiger partial charge in [-0.2, -0.15) is 0 Å². The van der Waals surface area contributed by atoms with E-state index in [9.17, 15) is 0 Å². The summed E-state index contributed by atoms with van der Waals surface area (Å²) in [5.41, 5.74) is 2.51. The Morgan fingerprint density at radius 3 is 2.80 bits per heavy atom. The molecule has 2 unspecified atom stereocenters. The molecule has 1 fully saturated rings. The second kappa shape index (κ2) is 6.82. The van der Waals surface area contributed by atoms with Crippen molar-refractivity contribution in [2.75, 3.05) is 18.0 Å². The van der Waals surface area contributed by atoms with Gasteiger partial charge < -0.3 is 10.2 Å². The van der Waals surface area contributed by atoms with Crippen LogP contribution in [0.2, 0.25) is 5.02 Å². The molecule has 0 aliphatic carbocycles. The number of anilines is 1. The number of hydrogen-bond donors (Lipinski definition) is 1. The predicted octanol–water partition coefficient (Wildman–Crippen LogP) is 4.25. The van der Waals surface area contributed by atoms with Gasteiger partial charge in [-0.3, -0.25) is 0 Å². The van der Waals surface area contributed by atoms with Crippen molar-refractivity contribution < 1.29 is 0 Å². The van der Waals surface area contributed by atoms with Gasteiger partial charge in [0.1, 0.15) is 0 Å². The Bertz CT molecular complexity index is 445. The van der Waals surface area contributed by atoms with E-state index in [1.165, 1.54) is 24.1 Å². The lowest BCUT2D eigenvalue weighted by Crippen LogP contribution is -2.58. The van der Waals surface area contributed by atoms with Gasteiger partial charge in [-0.05, 0) is 37.0 Å². The fourth-order valence-electron chi connectivity index (χ4n) is 3.16. The predicted molar refractivity (Wildman–Crippen MR) is 88.9 cm³/mol. The third-order valence-electron chi connectivity index (χ3n) is 4.39. The van der Waals surface area contributed by atoms with E-state index in [1.54, 1.807) is 0 Å². The van der Waals surface area contributed by atoms with Crippen LogP contribution in [0.25, 0.3) is 0 Å². The zero-order valence-corrected chi connectivity index (χ0v) is 13.9. The van der Waals surface area contributed by atoms with E-state index in [1.807, 2.05) is 6.07 Å². The Hall–Kier alpha value is -0.730. The summed E-state index contributed by atoms with van der Waals surface area (Å²) in [7, 11) is 0. The molecule has 1 aromatic carbocycles. The van der Waals surface area contributed by atoms with Crippen molar-refractivity contribution in [2.45, 2.75) is 52.6 Å². The first-order chi connectivity index (χ1) is 9.54. The van der Waals surface area contributed by atoms with Gasteiger partial charge >= 0.3 is 0 Å². The molecule has 1 aromatic rings. The first kappa shape index (κ1) is 15.7. The van der Waals surface area contributed by atoms with Crippen LogP contribution in [0.3, 0.4) is 0 Å². The van der Waals surface area contributed by atoms with Gasteiger partial charge in [0.15, 0.2) is 0 Å². The highest BCUT2D eigenvalue weighted by Crippen LogP contribution is 2.31. The molecular formula is C17H27ClN2. The van der Waals surface area contributed by atoms with Gasteiger partial charge in [0.2, 0.25) is 0 Å². The molecule has 0 bridgehead atoms. The van der Waals surface area contributed by atoms with Gasteiger partial charge in [0, 0.05) is 35.9 Å². The first-order valence-corrected chi connectivity index (χ1v) is 8.17. The van der Waals surface area contributed by atoms with Crippen molar-refractivity contribution in [1.82, 2.24) is 5.32 Å². The molecule has 2 atom stereocenters. The Balaban J connectivity index is 2.29. The summed E-state index contributed by atoms with van der Waals surface area (Å²) >= 11 is 6.32. The number of hydrogen-bond acceptors (Lipinski definition) is 2. The van der Waals surface area contributed by atoms with E-state index < -0.39 is 0 Å². The number of nitrogens with one attached hydrogen (secondary N) is 1. The fraction of sp³-hybridized carbons (Fsp3) is 0.647. The lowest BCUT2D eigenvalue weighted by Gasteiger charge is -2.44. The van der Waals surface area contributed by atoms with E-state index in [-0.39, 0.29) is 0 Å². The van der Waals surface area contributed by atoms with Crippen LogP contribution in [0.4, 0.5) is 5.69 Å². The topological polar surface area (TPSA) is 15.3 Å². The summed E-state index contributed by atoms with van der Waals surface area (Å²) in [6, 6.07) is 7.40. The monoisotopic (exact) mass is 294 g/mol. The number of halogens is 1. The molecule has 1 saturated heterocycles. The van der Waals surface area contributed by atoms with E-state index >= 15 is 0 Å². The normalized spacial score (nSPS) is 23.4. The molecule has 1 aliphatic heterocycles. The molecule has 2 rings (SSSR count). The molecule has 3 heteroatoms. The maximum Gasteiger partial charge on any atom is 0.0455 e. The van der Waals surface area contributed by atoms with Crippen molar-refractivity contribution in [3.8, 4) is 0 Å². The van der Waals surface area contributed by atoms with Gasteiger partial charge in [-0.15, -0.1) is 0 Å². The third kappa shape index (κ3) is 3.29. The quantitative estimate of drug-likeness (QED) is 0.893. The average Bonchev–Trinajstić information content (AvgIpc) is 2.42. The van der Waals surface area contributed by atoms with E-state index in [0.29, 0.717) is 18.0 Å². The summed E-state index contributed by atoms with van der Waals surface area (Å²) in [5.74, 6) is 0.628. The van der Waals surface area contributed by atoms with Gasteiger partial charge in [0.25, 0.3) is 0 Å². The van der Waals surface area contributed by atoms with Crippen molar-refractivity contribution >= 4 is 17.3 Å². The average molecular weight is 295 g/mol. The second-order valence-electron chi connectivity index (χ2n) is 6.24. The van der Waals surface area contributed by atoms with Crippen LogP contribution >= 0.6 is 11.6 Å². The first-order valence-electron chi connectivity index (χ1n) is 7.79. The fourth-order valence-corrected chi connectivity index (χ4v) is 3.33. The molecule has 1 aliphatic rings. The zero-order chi connectivity index (χ0) is 14.7. The summed E-state index contributed by atoms with van der Waals surface area (Å²) < 4.78 is 0. The van der Waals surface area contributed by atoms with Crippen LogP contribution in [-0.4, -0.2) is 25.2 Å². The molecule has 0 radical (unpaired) electrons. The summed E-state index contributed by atoms with van der Waals surface area (Å²) in [5, 5.41) is 4.58. The SMILES string of the molecule is CCCC1CN(c2cccc(Cl)c2C)C(C(C)C)CN1. The Kier molecular flexibility index (Phi) is 5.34. The number of piperazine rings is 1. The summed E-state index contributed by atoms with van der Waals surface area (Å²) in [4.78, 5) is 2.57. The highest BCUT2D eigenvalue weighted by atomic mass is 35.5. The minimum absolute atomic E-state index is 0.542.